The van der Waals surface area contributed by atoms with Crippen molar-refractivity contribution in [2.45, 2.75) is 11.2 Å². The molecular weight excluding hydrogens is 306 g/mol. The average Bonchev–Trinajstić information content (AvgIpc) is 2.42. The van der Waals surface area contributed by atoms with Crippen molar-refractivity contribution < 1.29 is 24.1 Å². The van der Waals surface area contributed by atoms with Crippen molar-refractivity contribution >= 4 is 22.2 Å². The third kappa shape index (κ3) is 18.3. The number of rotatable bonds is 12. The number of alkyl halides is 1. The van der Waals surface area contributed by atoms with Gasteiger partial charge in [-0.2, -0.15) is 0 Å². The van der Waals surface area contributed by atoms with Gasteiger partial charge in [0.1, 0.15) is 6.29 Å². The molecule has 0 aliphatic carbocycles. The van der Waals surface area contributed by atoms with Crippen molar-refractivity contribution in [1.29, 1.82) is 0 Å². The zero-order valence-corrected chi connectivity index (χ0v) is 12.4. The van der Waals surface area contributed by atoms with Crippen molar-refractivity contribution in [3.63, 3.8) is 0 Å². The average molecular weight is 330 g/mol. The lowest BCUT2D eigenvalue weighted by Crippen LogP contribution is -2.14. The number of nitrogens with two attached hydrogens (primary N) is 1. The first-order valence-electron chi connectivity index (χ1n) is 5.78. The van der Waals surface area contributed by atoms with Crippen LogP contribution in [0.25, 0.3) is 0 Å². The summed E-state index contributed by atoms with van der Waals surface area (Å²) in [6.07, 6.45) is 1.54. The Kier molecular flexibility index (Phi) is 21.7. The second kappa shape index (κ2) is 19.3. The zero-order valence-electron chi connectivity index (χ0n) is 10.8. The topological polar surface area (TPSA) is 91.0 Å². The Morgan fingerprint density at radius 3 is 1.94 bits per heavy atom. The molecule has 0 saturated heterocycles. The molecule has 0 saturated carbocycles. The van der Waals surface area contributed by atoms with Gasteiger partial charge in [-0.25, -0.2) is 0 Å². The summed E-state index contributed by atoms with van der Waals surface area (Å²) in [6, 6.07) is 0. The zero-order chi connectivity index (χ0) is 14.1. The molecule has 7 heteroatoms. The first-order valence-corrected chi connectivity index (χ1v) is 6.70. The van der Waals surface area contributed by atoms with Gasteiger partial charge in [-0.1, -0.05) is 15.9 Å². The lowest BCUT2D eigenvalue weighted by molar-refractivity contribution is -0.107. The molecule has 110 valence electrons. The second-order valence-corrected chi connectivity index (χ2v) is 4.24. The molecule has 0 aromatic rings. The van der Waals surface area contributed by atoms with Crippen LogP contribution in [0.2, 0.25) is 0 Å². The predicted octanol–water partition coefficient (Wildman–Crippen LogP) is -0.0441. The third-order valence-corrected chi connectivity index (χ3v) is 2.37. The molecule has 1 atom stereocenters. The smallest absolute Gasteiger partial charge is 0.133 e. The van der Waals surface area contributed by atoms with E-state index in [4.69, 9.17) is 25.1 Å². The number of carbonyl (C=O) groups excluding carboxylic acids is 1. The van der Waals surface area contributed by atoms with Crippen LogP contribution in [0.3, 0.4) is 0 Å². The first kappa shape index (κ1) is 20.3. The lowest BCUT2D eigenvalue weighted by Gasteiger charge is -2.06. The van der Waals surface area contributed by atoms with E-state index >= 15 is 0 Å². The van der Waals surface area contributed by atoms with Gasteiger partial charge in [0.25, 0.3) is 0 Å². The van der Waals surface area contributed by atoms with E-state index in [1.165, 1.54) is 0 Å². The van der Waals surface area contributed by atoms with Crippen LogP contribution in [-0.4, -0.2) is 69.5 Å². The normalized spacial score (nSPS) is 11.6. The van der Waals surface area contributed by atoms with E-state index in [0.717, 1.165) is 13.4 Å². The summed E-state index contributed by atoms with van der Waals surface area (Å²) < 4.78 is 15.6. The summed E-state index contributed by atoms with van der Waals surface area (Å²) in [6.45, 7) is 3.85. The van der Waals surface area contributed by atoms with Gasteiger partial charge in [0.05, 0.1) is 37.9 Å². The Labute approximate surface area is 117 Å². The van der Waals surface area contributed by atoms with E-state index in [1.54, 1.807) is 0 Å². The highest BCUT2D eigenvalue weighted by Gasteiger charge is 2.00. The molecule has 0 aromatic heterocycles. The summed E-state index contributed by atoms with van der Waals surface area (Å²) in [5.41, 5.74) is 5.25. The maximum Gasteiger partial charge on any atom is 0.133 e. The Hall–Kier alpha value is -0.0500. The molecule has 0 aromatic carbocycles. The van der Waals surface area contributed by atoms with Gasteiger partial charge in [0.2, 0.25) is 0 Å². The number of hydrogen-bond donors (Lipinski definition) is 2. The van der Waals surface area contributed by atoms with Gasteiger partial charge >= 0.3 is 0 Å². The molecule has 0 fully saturated rings. The van der Waals surface area contributed by atoms with E-state index in [2.05, 4.69) is 15.9 Å². The van der Waals surface area contributed by atoms with Crippen LogP contribution in [0.15, 0.2) is 0 Å². The number of ether oxygens (including phenoxy) is 3. The van der Waals surface area contributed by atoms with Crippen LogP contribution in [0, 0.1) is 0 Å². The van der Waals surface area contributed by atoms with E-state index in [0.29, 0.717) is 52.6 Å². The predicted molar refractivity (Wildman–Crippen MR) is 73.1 cm³/mol. The number of aliphatic hydroxyl groups is 1. The van der Waals surface area contributed by atoms with Crippen LogP contribution >= 0.6 is 15.9 Å². The van der Waals surface area contributed by atoms with Crippen molar-refractivity contribution in [1.82, 2.24) is 0 Å². The van der Waals surface area contributed by atoms with Crippen molar-refractivity contribution in [3.05, 3.63) is 0 Å². The standard InChI is InChI=1S/C10H20BrNO4.CH4O/c11-10(9-13)1-3-14-5-7-16-8-6-15-4-2-12;1-2/h9-10H,1-8,12H2;2H,1H3. The summed E-state index contributed by atoms with van der Waals surface area (Å²) in [5, 5.41) is 7.00. The molecule has 0 rings (SSSR count). The SMILES string of the molecule is CO.NCCOCCOCCOCCC(Br)C=O. The van der Waals surface area contributed by atoms with Gasteiger partial charge in [-0.3, -0.25) is 0 Å². The number of carbonyl (C=O) groups is 1. The van der Waals surface area contributed by atoms with E-state index in [-0.39, 0.29) is 4.83 Å². The highest BCUT2D eigenvalue weighted by Crippen LogP contribution is 2.00. The van der Waals surface area contributed by atoms with Gasteiger partial charge in [0, 0.05) is 20.3 Å². The molecule has 6 nitrogen and oxygen atoms in total. The maximum atomic E-state index is 10.2. The summed E-state index contributed by atoms with van der Waals surface area (Å²) in [7, 11) is 1.00. The van der Waals surface area contributed by atoms with Crippen molar-refractivity contribution in [2.24, 2.45) is 5.73 Å². The van der Waals surface area contributed by atoms with Crippen LogP contribution in [-0.2, 0) is 19.0 Å². The Morgan fingerprint density at radius 1 is 1.06 bits per heavy atom. The van der Waals surface area contributed by atoms with Gasteiger partial charge in [-0.15, -0.1) is 0 Å². The minimum absolute atomic E-state index is 0.113. The summed E-state index contributed by atoms with van der Waals surface area (Å²) in [4.78, 5) is 10.1. The quantitative estimate of drug-likeness (QED) is 0.296. The largest absolute Gasteiger partial charge is 0.400 e. The molecule has 3 N–H and O–H groups in total. The fraction of sp³-hybridized carbons (Fsp3) is 0.909. The molecular formula is C11H24BrNO5. The number of hydrogen-bond acceptors (Lipinski definition) is 6. The molecule has 0 radical (unpaired) electrons. The van der Waals surface area contributed by atoms with Crippen LogP contribution in [0.4, 0.5) is 0 Å². The molecule has 18 heavy (non-hydrogen) atoms. The third-order valence-electron chi connectivity index (χ3n) is 1.69. The highest BCUT2D eigenvalue weighted by atomic mass is 79.9. The Balaban J connectivity index is 0. The minimum atomic E-state index is -0.113. The van der Waals surface area contributed by atoms with Crippen LogP contribution in [0.5, 0.6) is 0 Å². The second-order valence-electron chi connectivity index (χ2n) is 3.07. The highest BCUT2D eigenvalue weighted by molar-refractivity contribution is 9.09. The maximum absolute atomic E-state index is 10.2. The van der Waals surface area contributed by atoms with E-state index < -0.39 is 0 Å². The van der Waals surface area contributed by atoms with Gasteiger partial charge < -0.3 is 29.8 Å². The molecule has 0 aliphatic rings. The van der Waals surface area contributed by atoms with Crippen LogP contribution < -0.4 is 5.73 Å². The molecule has 1 unspecified atom stereocenters. The summed E-state index contributed by atoms with van der Waals surface area (Å²) >= 11 is 3.19. The molecule has 0 amide bonds. The lowest BCUT2D eigenvalue weighted by atomic mass is 10.3. The Morgan fingerprint density at radius 2 is 1.50 bits per heavy atom. The molecule has 0 bridgehead atoms. The van der Waals surface area contributed by atoms with Gasteiger partial charge in [-0.05, 0) is 6.42 Å². The van der Waals surface area contributed by atoms with Crippen molar-refractivity contribution in [3.8, 4) is 0 Å². The number of aldehydes is 1. The molecule has 0 spiro atoms. The van der Waals surface area contributed by atoms with Crippen LogP contribution in [0.1, 0.15) is 6.42 Å². The Bertz CT molecular complexity index is 162. The monoisotopic (exact) mass is 329 g/mol. The summed E-state index contributed by atoms with van der Waals surface area (Å²) in [5.74, 6) is 0. The minimum Gasteiger partial charge on any atom is -0.400 e. The fourth-order valence-corrected chi connectivity index (χ4v) is 1.08. The molecule has 0 heterocycles. The van der Waals surface area contributed by atoms with Gasteiger partial charge in [0.15, 0.2) is 0 Å². The van der Waals surface area contributed by atoms with E-state index in [9.17, 15) is 4.79 Å². The molecule has 0 aliphatic heterocycles. The first-order chi connectivity index (χ1) is 8.81. The van der Waals surface area contributed by atoms with E-state index in [1.807, 2.05) is 0 Å². The fourth-order valence-electron chi connectivity index (χ4n) is 0.889. The van der Waals surface area contributed by atoms with Crippen molar-refractivity contribution in [2.75, 3.05) is 53.3 Å². The number of halogens is 1. The number of aliphatic hydroxyl groups excluding tert-OH is 1.